The lowest BCUT2D eigenvalue weighted by Gasteiger charge is -2.38. The number of carbonyl (C=O) groups excluding carboxylic acids is 1. The lowest BCUT2D eigenvalue weighted by atomic mass is 9.82. The van der Waals surface area contributed by atoms with E-state index < -0.39 is 36.5 Å². The zero-order valence-electron chi connectivity index (χ0n) is 12.9. The fraction of sp³-hybridized carbons (Fsp3) is 0.500. The Hall–Kier alpha value is -1.94. The summed E-state index contributed by atoms with van der Waals surface area (Å²) in [6, 6.07) is 2.35. The van der Waals surface area contributed by atoms with Crippen LogP contribution in [0.1, 0.15) is 18.1 Å². The minimum Gasteiger partial charge on any atom is -0.507 e. The number of hydrogen-bond donors (Lipinski definition) is 3. The van der Waals surface area contributed by atoms with Crippen molar-refractivity contribution in [2.45, 2.75) is 31.9 Å². The van der Waals surface area contributed by atoms with Crippen molar-refractivity contribution < 1.29 is 37.9 Å². The fourth-order valence-corrected chi connectivity index (χ4v) is 2.42. The largest absolute Gasteiger partial charge is 0.507 e. The van der Waals surface area contributed by atoms with E-state index >= 15 is 0 Å². The Morgan fingerprint density at radius 1 is 1.38 bits per heavy atom. The van der Waals surface area contributed by atoms with Gasteiger partial charge in [0.2, 0.25) is 5.91 Å². The number of likely N-dealkylation sites (tertiary alicyclic amines) is 1. The number of phenolic OH excluding ortho intramolecular Hbond substituents is 1. The van der Waals surface area contributed by atoms with Crippen LogP contribution in [0.25, 0.3) is 0 Å². The summed E-state index contributed by atoms with van der Waals surface area (Å²) in [5, 5.41) is 27.6. The van der Waals surface area contributed by atoms with Gasteiger partial charge in [-0.15, -0.1) is 0 Å². The molecule has 0 unspecified atom stereocenters. The maximum absolute atomic E-state index is 13.3. The molecule has 0 saturated carbocycles. The summed E-state index contributed by atoms with van der Waals surface area (Å²) in [5.74, 6) is -1.68. The summed E-state index contributed by atoms with van der Waals surface area (Å²) in [6.45, 7) is 1.73. The van der Waals surface area contributed by atoms with Crippen LogP contribution in [0, 0.1) is 0 Å². The smallest absolute Gasteiger partial charge is 0.451 e. The molecule has 0 aliphatic carbocycles. The molecule has 1 saturated heterocycles. The molecule has 10 heteroatoms. The molecule has 0 atom stereocenters. The molecule has 6 nitrogen and oxygen atoms in total. The molecule has 0 spiro atoms. The summed E-state index contributed by atoms with van der Waals surface area (Å²) in [7, 11) is -1.68. The quantitative estimate of drug-likeness (QED) is 0.693. The van der Waals surface area contributed by atoms with E-state index in [4.69, 9.17) is 14.8 Å². The summed E-state index contributed by atoms with van der Waals surface area (Å²) in [6.07, 6.45) is -5.74. The third kappa shape index (κ3) is 4.12. The molecule has 3 N–H and O–H groups in total. The van der Waals surface area contributed by atoms with Crippen molar-refractivity contribution in [2.75, 3.05) is 13.1 Å². The highest BCUT2D eigenvalue weighted by Gasteiger charge is 2.40. The van der Waals surface area contributed by atoms with Gasteiger partial charge in [-0.05, 0) is 24.4 Å². The molecule has 1 aromatic carbocycles. The van der Waals surface area contributed by atoms with E-state index in [-0.39, 0.29) is 37.3 Å². The van der Waals surface area contributed by atoms with E-state index in [0.29, 0.717) is 0 Å². The highest BCUT2D eigenvalue weighted by atomic mass is 19.4. The molecule has 2 rings (SSSR count). The number of amides is 1. The van der Waals surface area contributed by atoms with Crippen molar-refractivity contribution in [2.24, 2.45) is 0 Å². The number of phenols is 1. The van der Waals surface area contributed by atoms with Crippen molar-refractivity contribution in [3.63, 3.8) is 0 Å². The van der Waals surface area contributed by atoms with E-state index in [1.165, 1.54) is 17.9 Å². The van der Waals surface area contributed by atoms with Crippen LogP contribution in [0.2, 0.25) is 6.32 Å². The molecular weight excluding hydrogens is 330 g/mol. The Morgan fingerprint density at radius 3 is 2.50 bits per heavy atom. The molecule has 1 amide bonds. The summed E-state index contributed by atoms with van der Waals surface area (Å²) in [4.78, 5) is 12.5. The number of alkyl halides is 3. The van der Waals surface area contributed by atoms with Gasteiger partial charge in [0.05, 0.1) is 13.1 Å². The number of halogens is 3. The Morgan fingerprint density at radius 2 is 2.00 bits per heavy atom. The molecule has 24 heavy (non-hydrogen) atoms. The molecule has 1 aromatic rings. The first-order valence-electron chi connectivity index (χ1n) is 7.30. The molecule has 0 radical (unpaired) electrons. The summed E-state index contributed by atoms with van der Waals surface area (Å²) in [5.41, 5.74) is -1.35. The second kappa shape index (κ2) is 6.90. The maximum atomic E-state index is 13.3. The van der Waals surface area contributed by atoms with Gasteiger partial charge in [0.25, 0.3) is 0 Å². The second-order valence-electron chi connectivity index (χ2n) is 5.63. The number of aromatic hydroxyl groups is 1. The maximum Gasteiger partial charge on any atom is 0.451 e. The van der Waals surface area contributed by atoms with E-state index in [9.17, 15) is 23.1 Å². The molecule has 0 aromatic heterocycles. The van der Waals surface area contributed by atoms with Crippen molar-refractivity contribution >= 4 is 13.0 Å². The van der Waals surface area contributed by atoms with Gasteiger partial charge in [-0.2, -0.15) is 13.2 Å². The highest BCUT2D eigenvalue weighted by Crippen LogP contribution is 2.44. The molecule has 1 heterocycles. The van der Waals surface area contributed by atoms with Crippen LogP contribution in [0.3, 0.4) is 0 Å². The first kappa shape index (κ1) is 18.4. The van der Waals surface area contributed by atoms with E-state index in [1.54, 1.807) is 0 Å². The van der Waals surface area contributed by atoms with Gasteiger partial charge in [-0.1, -0.05) is 6.07 Å². The van der Waals surface area contributed by atoms with Crippen molar-refractivity contribution in [1.82, 2.24) is 4.90 Å². The van der Waals surface area contributed by atoms with Crippen molar-refractivity contribution in [3.8, 4) is 11.5 Å². The zero-order valence-corrected chi connectivity index (χ0v) is 12.9. The van der Waals surface area contributed by atoms with Gasteiger partial charge in [-0.25, -0.2) is 0 Å². The van der Waals surface area contributed by atoms with E-state index in [0.717, 1.165) is 6.07 Å². The molecule has 1 aliphatic rings. The first-order valence-corrected chi connectivity index (χ1v) is 7.30. The van der Waals surface area contributed by atoms with Crippen LogP contribution in [-0.4, -0.2) is 52.3 Å². The monoisotopic (exact) mass is 347 g/mol. The van der Waals surface area contributed by atoms with Gasteiger partial charge < -0.3 is 24.8 Å². The van der Waals surface area contributed by atoms with Crippen molar-refractivity contribution in [1.29, 1.82) is 0 Å². The van der Waals surface area contributed by atoms with Crippen LogP contribution in [0.5, 0.6) is 11.5 Å². The van der Waals surface area contributed by atoms with Crippen molar-refractivity contribution in [3.05, 3.63) is 23.3 Å². The summed E-state index contributed by atoms with van der Waals surface area (Å²) >= 11 is 0. The van der Waals surface area contributed by atoms with E-state index in [2.05, 4.69) is 0 Å². The average molecular weight is 347 g/mol. The minimum atomic E-state index is -4.84. The lowest BCUT2D eigenvalue weighted by molar-refractivity contribution is -0.144. The molecular formula is C14H17BF3NO5. The molecule has 132 valence electrons. The van der Waals surface area contributed by atoms with E-state index in [1.807, 2.05) is 0 Å². The Kier molecular flexibility index (Phi) is 5.29. The Bertz CT molecular complexity index is 617. The van der Waals surface area contributed by atoms with Gasteiger partial charge in [-0.3, -0.25) is 4.79 Å². The van der Waals surface area contributed by atoms with Gasteiger partial charge >= 0.3 is 13.3 Å². The van der Waals surface area contributed by atoms with Crippen LogP contribution < -0.4 is 4.74 Å². The fourth-order valence-electron chi connectivity index (χ4n) is 2.42. The van der Waals surface area contributed by atoms with Crippen LogP contribution in [-0.2, 0) is 17.4 Å². The van der Waals surface area contributed by atoms with Gasteiger partial charge in [0, 0.05) is 6.92 Å². The minimum absolute atomic E-state index is 0.0539. The number of carbonyl (C=O) groups is 1. The summed E-state index contributed by atoms with van der Waals surface area (Å²) < 4.78 is 45.1. The predicted octanol–water partition coefficient (Wildman–Crippen LogP) is 1.04. The normalized spacial score (nSPS) is 15.2. The third-order valence-electron chi connectivity index (χ3n) is 3.77. The third-order valence-corrected chi connectivity index (χ3v) is 3.77. The van der Waals surface area contributed by atoms with Crippen LogP contribution in [0.15, 0.2) is 12.1 Å². The average Bonchev–Trinajstić information content (AvgIpc) is 2.39. The second-order valence-corrected chi connectivity index (χ2v) is 5.63. The Labute approximate surface area is 136 Å². The molecule has 0 bridgehead atoms. The van der Waals surface area contributed by atoms with Gasteiger partial charge in [0.15, 0.2) is 0 Å². The topological polar surface area (TPSA) is 90.2 Å². The van der Waals surface area contributed by atoms with Crippen LogP contribution >= 0.6 is 0 Å². The molecule has 1 fully saturated rings. The number of nitrogens with zero attached hydrogens (tertiary/aromatic N) is 1. The number of hydrogen-bond acceptors (Lipinski definition) is 5. The zero-order chi connectivity index (χ0) is 18.1. The van der Waals surface area contributed by atoms with Gasteiger partial charge in [0.1, 0.15) is 23.2 Å². The SMILES string of the molecule is CC(=O)N1CC(Oc2ccc(CCB(O)O)c(O)c2C(F)(F)F)C1. The standard InChI is InChI=1S/C14H17BF3NO5/c1-8(20)19-6-10(7-19)24-11-3-2-9(4-5-15(22)23)13(21)12(11)14(16,17)18/h2-3,10,21-23H,4-7H2,1H3. The highest BCUT2D eigenvalue weighted by molar-refractivity contribution is 6.41. The number of ether oxygens (including phenoxy) is 1. The Balaban J connectivity index is 2.21. The number of benzene rings is 1. The van der Waals surface area contributed by atoms with Crippen LogP contribution in [0.4, 0.5) is 13.2 Å². The predicted molar refractivity (Wildman–Crippen MR) is 78.5 cm³/mol. The number of rotatable bonds is 5. The first-order chi connectivity index (χ1) is 11.1. The lowest BCUT2D eigenvalue weighted by Crippen LogP contribution is -2.55. The molecule has 1 aliphatic heterocycles. The number of aryl methyl sites for hydroxylation is 1.